The van der Waals surface area contributed by atoms with E-state index in [-0.39, 0.29) is 17.2 Å². The molecule has 1 amide bonds. The zero-order chi connectivity index (χ0) is 14.4. The van der Waals surface area contributed by atoms with Gasteiger partial charge in [-0.15, -0.1) is 0 Å². The zero-order valence-electron chi connectivity index (χ0n) is 11.3. The average molecular weight is 263 g/mol. The molecule has 0 spiro atoms. The maximum Gasteiger partial charge on any atom is 0.258 e. The van der Waals surface area contributed by atoms with Gasteiger partial charge in [0.1, 0.15) is 5.82 Å². The van der Waals surface area contributed by atoms with Crippen molar-refractivity contribution in [3.63, 3.8) is 0 Å². The molecule has 0 bridgehead atoms. The minimum absolute atomic E-state index is 0.139. The third-order valence-corrected chi connectivity index (χ3v) is 2.62. The molecular formula is C14H18FN3O. The van der Waals surface area contributed by atoms with E-state index in [1.165, 1.54) is 19.3 Å². The Labute approximate surface area is 112 Å². The molecule has 0 aromatic heterocycles. The fourth-order valence-corrected chi connectivity index (χ4v) is 1.51. The highest BCUT2D eigenvalue weighted by atomic mass is 19.1. The molecule has 0 unspecified atom stereocenters. The van der Waals surface area contributed by atoms with E-state index in [1.807, 2.05) is 13.8 Å². The van der Waals surface area contributed by atoms with Crippen molar-refractivity contribution in [1.29, 1.82) is 0 Å². The third-order valence-electron chi connectivity index (χ3n) is 2.62. The van der Waals surface area contributed by atoms with Gasteiger partial charge in [-0.3, -0.25) is 9.79 Å². The van der Waals surface area contributed by atoms with Crippen molar-refractivity contribution in [1.82, 2.24) is 0 Å². The van der Waals surface area contributed by atoms with Gasteiger partial charge in [0.2, 0.25) is 0 Å². The van der Waals surface area contributed by atoms with Crippen LogP contribution in [0.1, 0.15) is 25.3 Å². The monoisotopic (exact) mass is 263 g/mol. The van der Waals surface area contributed by atoms with Crippen LogP contribution in [0, 0.1) is 5.82 Å². The first kappa shape index (κ1) is 14.9. The number of benzene rings is 1. The zero-order valence-corrected chi connectivity index (χ0v) is 11.3. The minimum Gasteiger partial charge on any atom is -0.404 e. The van der Waals surface area contributed by atoms with Gasteiger partial charge >= 0.3 is 0 Å². The maximum absolute atomic E-state index is 13.6. The van der Waals surface area contributed by atoms with Crippen LogP contribution in [0.2, 0.25) is 0 Å². The van der Waals surface area contributed by atoms with Crippen LogP contribution in [0.15, 0.2) is 35.0 Å². The van der Waals surface area contributed by atoms with E-state index in [0.29, 0.717) is 0 Å². The molecule has 0 aliphatic heterocycles. The summed E-state index contributed by atoms with van der Waals surface area (Å²) >= 11 is 0. The number of rotatable bonds is 4. The normalized spacial score (nSPS) is 12.2. The Morgan fingerprint density at radius 3 is 2.68 bits per heavy atom. The molecule has 4 nitrogen and oxygen atoms in total. The van der Waals surface area contributed by atoms with Gasteiger partial charge in [-0.1, -0.05) is 19.9 Å². The number of hydrogen-bond acceptors (Lipinski definition) is 3. The lowest BCUT2D eigenvalue weighted by atomic mass is 10.0. The van der Waals surface area contributed by atoms with Gasteiger partial charge in [0, 0.05) is 19.5 Å². The van der Waals surface area contributed by atoms with Crippen molar-refractivity contribution in [2.75, 3.05) is 12.4 Å². The van der Waals surface area contributed by atoms with Crippen molar-refractivity contribution in [3.05, 3.63) is 41.4 Å². The first-order valence-electron chi connectivity index (χ1n) is 5.94. The number of amides is 1. The Morgan fingerprint density at radius 1 is 1.47 bits per heavy atom. The van der Waals surface area contributed by atoms with Gasteiger partial charge in [-0.05, 0) is 23.6 Å². The van der Waals surface area contributed by atoms with Crippen molar-refractivity contribution in [3.8, 4) is 0 Å². The van der Waals surface area contributed by atoms with E-state index in [1.54, 1.807) is 12.1 Å². The van der Waals surface area contributed by atoms with E-state index in [4.69, 9.17) is 5.73 Å². The first-order valence-corrected chi connectivity index (χ1v) is 5.94. The topological polar surface area (TPSA) is 67.5 Å². The van der Waals surface area contributed by atoms with Gasteiger partial charge in [0.15, 0.2) is 0 Å². The van der Waals surface area contributed by atoms with Gasteiger partial charge < -0.3 is 11.1 Å². The van der Waals surface area contributed by atoms with Gasteiger partial charge in [-0.25, -0.2) is 4.39 Å². The second kappa shape index (κ2) is 6.68. The van der Waals surface area contributed by atoms with Crippen LogP contribution >= 0.6 is 0 Å². The smallest absolute Gasteiger partial charge is 0.258 e. The molecule has 0 saturated carbocycles. The van der Waals surface area contributed by atoms with E-state index < -0.39 is 11.7 Å². The average Bonchev–Trinajstić information content (AvgIpc) is 2.38. The first-order chi connectivity index (χ1) is 8.99. The molecule has 3 N–H and O–H groups in total. The Hall–Kier alpha value is -2.17. The number of carbonyl (C=O) groups excluding carboxylic acids is 1. The van der Waals surface area contributed by atoms with E-state index in [2.05, 4.69) is 10.3 Å². The van der Waals surface area contributed by atoms with Crippen LogP contribution in [0.5, 0.6) is 0 Å². The number of anilines is 1. The van der Waals surface area contributed by atoms with Crippen LogP contribution < -0.4 is 11.1 Å². The highest BCUT2D eigenvalue weighted by molar-refractivity contribution is 6.17. The van der Waals surface area contributed by atoms with Gasteiger partial charge in [0.25, 0.3) is 5.91 Å². The van der Waals surface area contributed by atoms with Crippen molar-refractivity contribution in [2.24, 2.45) is 10.7 Å². The highest BCUT2D eigenvalue weighted by Crippen LogP contribution is 2.22. The molecule has 19 heavy (non-hydrogen) atoms. The fourth-order valence-electron chi connectivity index (χ4n) is 1.51. The van der Waals surface area contributed by atoms with E-state index >= 15 is 0 Å². The fraction of sp³-hybridized carbons (Fsp3) is 0.286. The van der Waals surface area contributed by atoms with Gasteiger partial charge in [-0.2, -0.15) is 0 Å². The van der Waals surface area contributed by atoms with Crippen LogP contribution in [0.4, 0.5) is 10.1 Å². The molecule has 1 aromatic rings. The highest BCUT2D eigenvalue weighted by Gasteiger charge is 2.11. The molecule has 0 aliphatic rings. The molecule has 0 radical (unpaired) electrons. The summed E-state index contributed by atoms with van der Waals surface area (Å²) < 4.78 is 13.6. The molecule has 1 aromatic carbocycles. The summed E-state index contributed by atoms with van der Waals surface area (Å²) in [7, 11) is 1.52. The van der Waals surface area contributed by atoms with Crippen molar-refractivity contribution >= 4 is 17.8 Å². The second-order valence-corrected chi connectivity index (χ2v) is 4.36. The van der Waals surface area contributed by atoms with Crippen LogP contribution in [-0.4, -0.2) is 19.2 Å². The molecular weight excluding hydrogens is 245 g/mol. The van der Waals surface area contributed by atoms with Crippen LogP contribution in [-0.2, 0) is 4.79 Å². The van der Waals surface area contributed by atoms with E-state index in [0.717, 1.165) is 11.8 Å². The largest absolute Gasteiger partial charge is 0.404 e. The summed E-state index contributed by atoms with van der Waals surface area (Å²) in [5.74, 6) is -0.728. The quantitative estimate of drug-likeness (QED) is 0.647. The number of hydrogen-bond donors (Lipinski definition) is 2. The van der Waals surface area contributed by atoms with E-state index in [9.17, 15) is 9.18 Å². The van der Waals surface area contributed by atoms with Crippen molar-refractivity contribution in [2.45, 2.75) is 19.8 Å². The lowest BCUT2D eigenvalue weighted by molar-refractivity contribution is -0.112. The standard InChI is InChI=1S/C14H18FN3O/c1-9(2)10-4-5-12(15)13(6-10)18-14(19)11(7-16)8-17-3/h4-9H,16H2,1-3H3,(H,18,19)/b11-7+,17-8?. The predicted molar refractivity (Wildman–Crippen MR) is 75.8 cm³/mol. The summed E-state index contributed by atoms with van der Waals surface area (Å²) in [4.78, 5) is 15.6. The number of nitrogens with one attached hydrogen (secondary N) is 1. The Kier molecular flexibility index (Phi) is 5.23. The summed E-state index contributed by atoms with van der Waals surface area (Å²) in [5.41, 5.74) is 6.58. The molecule has 5 heteroatoms. The number of nitrogens with two attached hydrogens (primary N) is 1. The molecule has 0 heterocycles. The summed E-state index contributed by atoms with van der Waals surface area (Å²) in [6.45, 7) is 3.99. The number of nitrogens with zero attached hydrogens (tertiary/aromatic N) is 1. The summed E-state index contributed by atoms with van der Waals surface area (Å²) in [5, 5.41) is 2.49. The molecule has 0 saturated heterocycles. The van der Waals surface area contributed by atoms with Gasteiger partial charge in [0.05, 0.1) is 11.3 Å². The molecule has 0 fully saturated rings. The maximum atomic E-state index is 13.6. The second-order valence-electron chi connectivity index (χ2n) is 4.36. The van der Waals surface area contributed by atoms with Crippen LogP contribution in [0.25, 0.3) is 0 Å². The minimum atomic E-state index is -0.493. The van der Waals surface area contributed by atoms with Crippen LogP contribution in [0.3, 0.4) is 0 Å². The Balaban J connectivity index is 2.99. The molecule has 0 aliphatic carbocycles. The Bertz CT molecular complexity index is 521. The predicted octanol–water partition coefficient (Wildman–Crippen LogP) is 2.43. The lowest BCUT2D eigenvalue weighted by Crippen LogP contribution is -2.17. The molecule has 0 atom stereocenters. The summed E-state index contributed by atoms with van der Waals surface area (Å²) in [6.07, 6.45) is 2.45. The number of halogens is 1. The molecule has 102 valence electrons. The molecule has 1 rings (SSSR count). The third kappa shape index (κ3) is 3.91. The Morgan fingerprint density at radius 2 is 2.16 bits per heavy atom. The SMILES string of the molecule is CN=C/C(=C\N)C(=O)Nc1cc(C(C)C)ccc1F. The lowest BCUT2D eigenvalue weighted by Gasteiger charge is -2.10. The summed E-state index contributed by atoms with van der Waals surface area (Å²) in [6, 6.07) is 4.66. The number of carbonyl (C=O) groups is 1. The number of aliphatic imine (C=N–C) groups is 1. The van der Waals surface area contributed by atoms with Crippen molar-refractivity contribution < 1.29 is 9.18 Å².